The van der Waals surface area contributed by atoms with Gasteiger partial charge in [-0.05, 0) is 52.2 Å². The first-order valence-corrected chi connectivity index (χ1v) is 9.27. The number of ether oxygens (including phenoxy) is 4. The van der Waals surface area contributed by atoms with E-state index < -0.39 is 0 Å². The average molecular weight is 366 g/mol. The first-order valence-electron chi connectivity index (χ1n) is 9.27. The predicted octanol–water partition coefficient (Wildman–Crippen LogP) is 2.10. The Balaban J connectivity index is 2.09. The van der Waals surface area contributed by atoms with Gasteiger partial charge < -0.3 is 23.8 Å². The van der Waals surface area contributed by atoms with Gasteiger partial charge in [-0.25, -0.2) is 4.79 Å². The molecule has 1 aliphatic rings. The van der Waals surface area contributed by atoms with Crippen LogP contribution in [0.5, 0.6) is 17.2 Å². The molecular formula is C20H32NO5+. The van der Waals surface area contributed by atoms with Gasteiger partial charge in [-0.1, -0.05) is 0 Å². The Kier molecular flexibility index (Phi) is 7.14. The number of hydrogen-bond acceptors (Lipinski definition) is 5. The van der Waals surface area contributed by atoms with E-state index in [0.717, 1.165) is 6.54 Å². The number of carbonyl (C=O) groups is 1. The lowest BCUT2D eigenvalue weighted by Crippen LogP contribution is -3.20. The Morgan fingerprint density at radius 1 is 1.08 bits per heavy atom. The van der Waals surface area contributed by atoms with Crippen molar-refractivity contribution in [2.75, 3.05) is 27.9 Å². The number of likely N-dealkylation sites (tertiary alicyclic amines) is 1. The summed E-state index contributed by atoms with van der Waals surface area (Å²) in [6.07, 6.45) is 3.57. The van der Waals surface area contributed by atoms with Crippen LogP contribution in [-0.4, -0.2) is 52.0 Å². The number of carbonyl (C=O) groups excluding carboxylic acids is 1. The molecule has 0 saturated carbocycles. The molecule has 0 amide bonds. The van der Waals surface area contributed by atoms with Crippen LogP contribution < -0.4 is 19.1 Å². The summed E-state index contributed by atoms with van der Waals surface area (Å²) in [7, 11) is 4.58. The van der Waals surface area contributed by atoms with Crippen molar-refractivity contribution in [3.8, 4) is 17.2 Å². The Morgan fingerprint density at radius 2 is 1.62 bits per heavy atom. The summed E-state index contributed by atoms with van der Waals surface area (Å²) in [5, 5.41) is 0. The molecule has 26 heavy (non-hydrogen) atoms. The van der Waals surface area contributed by atoms with Gasteiger partial charge >= 0.3 is 5.97 Å². The number of esters is 1. The highest BCUT2D eigenvalue weighted by Crippen LogP contribution is 2.38. The maximum atomic E-state index is 12.6. The molecule has 0 aromatic heterocycles. The Bertz CT molecular complexity index is 583. The Hall–Kier alpha value is -1.95. The number of rotatable bonds is 7. The average Bonchev–Trinajstić information content (AvgIpc) is 2.63. The van der Waals surface area contributed by atoms with Crippen LogP contribution in [0, 0.1) is 0 Å². The van der Waals surface area contributed by atoms with Crippen molar-refractivity contribution < 1.29 is 28.6 Å². The van der Waals surface area contributed by atoms with Gasteiger partial charge in [-0.15, -0.1) is 0 Å². The Labute approximate surface area is 156 Å². The fourth-order valence-corrected chi connectivity index (χ4v) is 3.81. The number of benzene rings is 1. The quantitative estimate of drug-likeness (QED) is 0.749. The lowest BCUT2D eigenvalue weighted by molar-refractivity contribution is -0.953. The first-order chi connectivity index (χ1) is 12.4. The van der Waals surface area contributed by atoms with Crippen LogP contribution >= 0.6 is 0 Å². The molecule has 6 heteroatoms. The smallest absolute Gasteiger partial charge is 0.338 e. The molecule has 1 saturated heterocycles. The molecule has 0 aliphatic carbocycles. The summed E-state index contributed by atoms with van der Waals surface area (Å²) >= 11 is 0. The normalized spacial score (nSPS) is 21.8. The van der Waals surface area contributed by atoms with E-state index >= 15 is 0 Å². The highest BCUT2D eigenvalue weighted by atomic mass is 16.5. The maximum Gasteiger partial charge on any atom is 0.338 e. The number of nitrogens with one attached hydrogen (secondary N) is 1. The van der Waals surface area contributed by atoms with Crippen LogP contribution in [0.1, 0.15) is 50.4 Å². The molecular weight excluding hydrogens is 334 g/mol. The van der Waals surface area contributed by atoms with Crippen molar-refractivity contribution in [1.82, 2.24) is 0 Å². The molecule has 146 valence electrons. The second-order valence-electron chi connectivity index (χ2n) is 7.14. The minimum atomic E-state index is -0.381. The lowest BCUT2D eigenvalue weighted by Gasteiger charge is -2.37. The van der Waals surface area contributed by atoms with E-state index in [1.165, 1.54) is 45.5 Å². The monoisotopic (exact) mass is 366 g/mol. The highest BCUT2D eigenvalue weighted by Gasteiger charge is 2.31. The molecule has 0 unspecified atom stereocenters. The second kappa shape index (κ2) is 9.12. The van der Waals surface area contributed by atoms with Gasteiger partial charge in [0, 0.05) is 0 Å². The van der Waals surface area contributed by atoms with E-state index in [4.69, 9.17) is 18.9 Å². The third-order valence-electron chi connectivity index (χ3n) is 5.27. The first kappa shape index (κ1) is 20.4. The van der Waals surface area contributed by atoms with E-state index in [1.54, 1.807) is 12.1 Å². The van der Waals surface area contributed by atoms with E-state index in [1.807, 2.05) is 6.92 Å². The number of quaternary nitrogens is 1. The van der Waals surface area contributed by atoms with Crippen LogP contribution in [0.2, 0.25) is 0 Å². The second-order valence-corrected chi connectivity index (χ2v) is 7.14. The van der Waals surface area contributed by atoms with Crippen LogP contribution in [0.15, 0.2) is 12.1 Å². The number of piperidine rings is 1. The summed E-state index contributed by atoms with van der Waals surface area (Å²) in [6.45, 7) is 7.33. The van der Waals surface area contributed by atoms with Crippen molar-refractivity contribution in [3.05, 3.63) is 17.7 Å². The topological polar surface area (TPSA) is 58.4 Å². The zero-order valence-corrected chi connectivity index (χ0v) is 16.8. The van der Waals surface area contributed by atoms with Crippen LogP contribution in [-0.2, 0) is 4.74 Å². The fourth-order valence-electron chi connectivity index (χ4n) is 3.81. The van der Waals surface area contributed by atoms with Gasteiger partial charge in [0.15, 0.2) is 11.5 Å². The summed E-state index contributed by atoms with van der Waals surface area (Å²) in [5.74, 6) is 0.958. The summed E-state index contributed by atoms with van der Waals surface area (Å²) in [5.41, 5.74) is 0.390. The van der Waals surface area contributed by atoms with Crippen molar-refractivity contribution in [3.63, 3.8) is 0 Å². The zero-order valence-electron chi connectivity index (χ0n) is 16.8. The predicted molar refractivity (Wildman–Crippen MR) is 99.6 cm³/mol. The van der Waals surface area contributed by atoms with Crippen molar-refractivity contribution in [1.29, 1.82) is 0 Å². The van der Waals surface area contributed by atoms with Crippen LogP contribution in [0.4, 0.5) is 0 Å². The molecule has 3 atom stereocenters. The molecule has 1 N–H and O–H groups in total. The molecule has 6 nitrogen and oxygen atoms in total. The van der Waals surface area contributed by atoms with Crippen molar-refractivity contribution >= 4 is 5.97 Å². The number of methoxy groups -OCH3 is 3. The van der Waals surface area contributed by atoms with Crippen molar-refractivity contribution in [2.45, 2.75) is 58.2 Å². The summed E-state index contributed by atoms with van der Waals surface area (Å²) in [6, 6.07) is 4.44. The minimum absolute atomic E-state index is 0.167. The molecule has 1 aromatic rings. The van der Waals surface area contributed by atoms with Gasteiger partial charge in [-0.3, -0.25) is 0 Å². The molecule has 1 heterocycles. The maximum absolute atomic E-state index is 12.6. The largest absolute Gasteiger partial charge is 0.493 e. The molecule has 0 spiro atoms. The SMILES string of the molecule is COc1cc(C(=O)O[C@H](C)C[NH+]2[C@@H](C)CCC[C@@H]2C)cc(OC)c1OC. The molecule has 2 rings (SSSR count). The van der Waals surface area contributed by atoms with E-state index in [0.29, 0.717) is 34.9 Å². The number of hydrogen-bond donors (Lipinski definition) is 1. The van der Waals surface area contributed by atoms with Crippen LogP contribution in [0.3, 0.4) is 0 Å². The van der Waals surface area contributed by atoms with Gasteiger partial charge in [0.1, 0.15) is 12.6 Å². The Morgan fingerprint density at radius 3 is 2.08 bits per heavy atom. The van der Waals surface area contributed by atoms with Gasteiger partial charge in [0.25, 0.3) is 0 Å². The summed E-state index contributed by atoms with van der Waals surface area (Å²) < 4.78 is 21.6. The fraction of sp³-hybridized carbons (Fsp3) is 0.650. The van der Waals surface area contributed by atoms with Crippen molar-refractivity contribution in [2.24, 2.45) is 0 Å². The summed E-state index contributed by atoms with van der Waals surface area (Å²) in [4.78, 5) is 14.1. The molecule has 0 radical (unpaired) electrons. The van der Waals surface area contributed by atoms with Crippen LogP contribution in [0.25, 0.3) is 0 Å². The molecule has 0 bridgehead atoms. The highest BCUT2D eigenvalue weighted by molar-refractivity contribution is 5.91. The van der Waals surface area contributed by atoms with Gasteiger partial charge in [-0.2, -0.15) is 0 Å². The molecule has 1 fully saturated rings. The minimum Gasteiger partial charge on any atom is -0.493 e. The standard InChI is InChI=1S/C20H31NO5/c1-13-8-7-9-14(2)21(13)12-15(3)26-20(22)16-10-17(23-4)19(25-6)18(11-16)24-5/h10-11,13-15H,7-9,12H2,1-6H3/p+1/t13-,14-,15+/m0/s1. The van der Waals surface area contributed by atoms with E-state index in [-0.39, 0.29) is 12.1 Å². The van der Waals surface area contributed by atoms with E-state index in [2.05, 4.69) is 13.8 Å². The lowest BCUT2D eigenvalue weighted by atomic mass is 9.97. The molecule has 1 aliphatic heterocycles. The van der Waals surface area contributed by atoms with E-state index in [9.17, 15) is 4.79 Å². The molecule has 1 aromatic carbocycles. The van der Waals surface area contributed by atoms with Gasteiger partial charge in [0.2, 0.25) is 5.75 Å². The zero-order chi connectivity index (χ0) is 19.3. The van der Waals surface area contributed by atoms with Gasteiger partial charge in [0.05, 0.1) is 39.0 Å². The third-order valence-corrected chi connectivity index (χ3v) is 5.27. The third kappa shape index (κ3) is 4.61.